The lowest BCUT2D eigenvalue weighted by molar-refractivity contribution is 0.0696. The monoisotopic (exact) mass is 312 g/mol. The number of hydrogen-bond donors (Lipinski definition) is 2. The highest BCUT2D eigenvalue weighted by molar-refractivity contribution is 6.33. The van der Waals surface area contributed by atoms with E-state index in [4.69, 9.17) is 33.0 Å². The summed E-state index contributed by atoms with van der Waals surface area (Å²) in [6.45, 7) is 0. The molecule has 0 bridgehead atoms. The summed E-state index contributed by atoms with van der Waals surface area (Å²) in [5.74, 6) is -0.210. The molecule has 0 saturated carbocycles. The second kappa shape index (κ2) is 5.98. The van der Waals surface area contributed by atoms with Gasteiger partial charge in [0.2, 0.25) is 0 Å². The summed E-state index contributed by atoms with van der Waals surface area (Å²) in [5.41, 5.74) is 0.594. The molecule has 0 aliphatic rings. The quantitative estimate of drug-likeness (QED) is 0.897. The van der Waals surface area contributed by atoms with Crippen LogP contribution < -0.4 is 10.1 Å². The number of rotatable bonds is 4. The summed E-state index contributed by atoms with van der Waals surface area (Å²) in [6.07, 6.45) is 1.22. The van der Waals surface area contributed by atoms with Crippen LogP contribution in [0.4, 0.5) is 11.5 Å². The van der Waals surface area contributed by atoms with Crippen molar-refractivity contribution in [1.82, 2.24) is 4.98 Å². The number of carboxylic acid groups (broad SMARTS) is 1. The number of carboxylic acids is 1. The number of aromatic nitrogens is 1. The van der Waals surface area contributed by atoms with E-state index < -0.39 is 5.97 Å². The molecule has 104 valence electrons. The van der Waals surface area contributed by atoms with Gasteiger partial charge in [0.05, 0.1) is 23.4 Å². The third kappa shape index (κ3) is 3.12. The van der Waals surface area contributed by atoms with E-state index in [0.29, 0.717) is 22.3 Å². The van der Waals surface area contributed by atoms with Gasteiger partial charge >= 0.3 is 5.97 Å². The molecule has 0 atom stereocenters. The molecule has 0 spiro atoms. The van der Waals surface area contributed by atoms with Crippen molar-refractivity contribution in [3.63, 3.8) is 0 Å². The molecule has 1 aromatic heterocycles. The maximum absolute atomic E-state index is 10.8. The molecule has 20 heavy (non-hydrogen) atoms. The number of halogens is 2. The van der Waals surface area contributed by atoms with Gasteiger partial charge in [0.1, 0.15) is 11.6 Å². The lowest BCUT2D eigenvalue weighted by Crippen LogP contribution is -2.01. The fraction of sp³-hybridized carbons (Fsp3) is 0.0769. The predicted octanol–water partition coefficient (Wildman–Crippen LogP) is 3.84. The number of aromatic carboxylic acids is 1. The molecule has 0 amide bonds. The maximum Gasteiger partial charge on any atom is 0.337 e. The lowest BCUT2D eigenvalue weighted by atomic mass is 10.2. The predicted molar refractivity (Wildman–Crippen MR) is 77.5 cm³/mol. The van der Waals surface area contributed by atoms with Crippen molar-refractivity contribution in [2.75, 3.05) is 12.4 Å². The van der Waals surface area contributed by atoms with Crippen LogP contribution in [0.2, 0.25) is 10.0 Å². The first-order valence-electron chi connectivity index (χ1n) is 5.50. The Kier molecular flexibility index (Phi) is 4.32. The molecule has 0 aliphatic carbocycles. The van der Waals surface area contributed by atoms with Gasteiger partial charge in [0, 0.05) is 11.2 Å². The van der Waals surface area contributed by atoms with Crippen molar-refractivity contribution in [2.24, 2.45) is 0 Å². The summed E-state index contributed by atoms with van der Waals surface area (Å²) in [5, 5.41) is 12.5. The molecular formula is C13H10Cl2N2O3. The molecule has 1 heterocycles. The summed E-state index contributed by atoms with van der Waals surface area (Å²) < 4.78 is 5.19. The molecule has 0 fully saturated rings. The van der Waals surface area contributed by atoms with Crippen molar-refractivity contribution < 1.29 is 14.6 Å². The Labute approximate surface area is 125 Å². The molecule has 5 nitrogen and oxygen atoms in total. The van der Waals surface area contributed by atoms with Crippen molar-refractivity contribution in [2.45, 2.75) is 0 Å². The van der Waals surface area contributed by atoms with Gasteiger partial charge in [-0.2, -0.15) is 0 Å². The van der Waals surface area contributed by atoms with Crippen LogP contribution in [0.5, 0.6) is 5.75 Å². The van der Waals surface area contributed by atoms with Gasteiger partial charge in [-0.05, 0) is 24.3 Å². The average Bonchev–Trinajstić information content (AvgIpc) is 2.41. The Morgan fingerprint density at radius 2 is 2.10 bits per heavy atom. The summed E-state index contributed by atoms with van der Waals surface area (Å²) in [4.78, 5) is 14.8. The summed E-state index contributed by atoms with van der Waals surface area (Å²) >= 11 is 11.9. The first-order chi connectivity index (χ1) is 9.51. The van der Waals surface area contributed by atoms with Crippen molar-refractivity contribution in [3.05, 3.63) is 46.1 Å². The van der Waals surface area contributed by atoms with Gasteiger partial charge in [0.25, 0.3) is 0 Å². The highest BCUT2D eigenvalue weighted by Crippen LogP contribution is 2.32. The van der Waals surface area contributed by atoms with Crippen molar-refractivity contribution in [1.29, 1.82) is 0 Å². The lowest BCUT2D eigenvalue weighted by Gasteiger charge is -2.12. The molecule has 7 heteroatoms. The van der Waals surface area contributed by atoms with Crippen LogP contribution >= 0.6 is 23.2 Å². The van der Waals surface area contributed by atoms with Gasteiger partial charge in [0.15, 0.2) is 0 Å². The smallest absolute Gasteiger partial charge is 0.337 e. The fourth-order valence-electron chi connectivity index (χ4n) is 1.55. The van der Waals surface area contributed by atoms with E-state index in [1.54, 1.807) is 18.2 Å². The Balaban J connectivity index is 2.35. The molecule has 2 rings (SSSR count). The van der Waals surface area contributed by atoms with Crippen LogP contribution in [0.3, 0.4) is 0 Å². The molecule has 2 aromatic rings. The Hall–Kier alpha value is -1.98. The number of nitrogens with one attached hydrogen (secondary N) is 1. The molecule has 0 unspecified atom stereocenters. The van der Waals surface area contributed by atoms with E-state index in [0.717, 1.165) is 0 Å². The number of pyridine rings is 1. The largest absolute Gasteiger partial charge is 0.495 e. The normalized spacial score (nSPS) is 10.2. The Morgan fingerprint density at radius 3 is 2.70 bits per heavy atom. The zero-order chi connectivity index (χ0) is 14.7. The van der Waals surface area contributed by atoms with Gasteiger partial charge in [-0.1, -0.05) is 23.2 Å². The van der Waals surface area contributed by atoms with Gasteiger partial charge in [-0.15, -0.1) is 0 Å². The topological polar surface area (TPSA) is 71.5 Å². The zero-order valence-corrected chi connectivity index (χ0v) is 11.9. The number of carbonyl (C=O) groups is 1. The van der Waals surface area contributed by atoms with Crippen LogP contribution in [0.25, 0.3) is 0 Å². The third-order valence-electron chi connectivity index (χ3n) is 2.50. The highest BCUT2D eigenvalue weighted by Gasteiger charge is 2.11. The van der Waals surface area contributed by atoms with E-state index in [1.165, 1.54) is 19.4 Å². The first-order valence-corrected chi connectivity index (χ1v) is 6.26. The SMILES string of the molecule is COc1ccc(Cl)cc1Nc1ncc(C(=O)O)cc1Cl. The Morgan fingerprint density at radius 1 is 1.35 bits per heavy atom. The number of hydrogen-bond acceptors (Lipinski definition) is 4. The number of methoxy groups -OCH3 is 1. The van der Waals surface area contributed by atoms with Crippen molar-refractivity contribution in [3.8, 4) is 5.75 Å². The fourth-order valence-corrected chi connectivity index (χ4v) is 1.94. The third-order valence-corrected chi connectivity index (χ3v) is 3.03. The van der Waals surface area contributed by atoms with Crippen LogP contribution in [0, 0.1) is 0 Å². The molecule has 0 aliphatic heterocycles. The summed E-state index contributed by atoms with van der Waals surface area (Å²) in [6, 6.07) is 6.36. The van der Waals surface area contributed by atoms with E-state index in [1.807, 2.05) is 0 Å². The van der Waals surface area contributed by atoms with E-state index in [9.17, 15) is 4.79 Å². The van der Waals surface area contributed by atoms with E-state index >= 15 is 0 Å². The molecular weight excluding hydrogens is 303 g/mol. The van der Waals surface area contributed by atoms with Gasteiger partial charge < -0.3 is 15.2 Å². The molecule has 1 aromatic carbocycles. The minimum atomic E-state index is -1.09. The van der Waals surface area contributed by atoms with Crippen LogP contribution in [-0.4, -0.2) is 23.2 Å². The molecule has 0 radical (unpaired) electrons. The minimum absolute atomic E-state index is 0.0126. The van der Waals surface area contributed by atoms with E-state index in [-0.39, 0.29) is 10.6 Å². The van der Waals surface area contributed by atoms with Crippen LogP contribution in [-0.2, 0) is 0 Å². The zero-order valence-electron chi connectivity index (χ0n) is 10.4. The minimum Gasteiger partial charge on any atom is -0.495 e. The van der Waals surface area contributed by atoms with Crippen LogP contribution in [0.1, 0.15) is 10.4 Å². The number of nitrogens with zero attached hydrogens (tertiary/aromatic N) is 1. The number of benzene rings is 1. The van der Waals surface area contributed by atoms with Gasteiger partial charge in [-0.3, -0.25) is 0 Å². The number of ether oxygens (including phenoxy) is 1. The van der Waals surface area contributed by atoms with E-state index in [2.05, 4.69) is 10.3 Å². The Bertz CT molecular complexity index is 662. The van der Waals surface area contributed by atoms with Gasteiger partial charge in [-0.25, -0.2) is 9.78 Å². The second-order valence-electron chi connectivity index (χ2n) is 3.83. The maximum atomic E-state index is 10.8. The highest BCUT2D eigenvalue weighted by atomic mass is 35.5. The number of anilines is 2. The second-order valence-corrected chi connectivity index (χ2v) is 4.67. The van der Waals surface area contributed by atoms with Crippen LogP contribution in [0.15, 0.2) is 30.5 Å². The standard InChI is InChI=1S/C13H10Cl2N2O3/c1-20-11-3-2-8(14)5-10(11)17-12-9(15)4-7(6-16-12)13(18)19/h2-6H,1H3,(H,16,17)(H,18,19). The summed E-state index contributed by atoms with van der Waals surface area (Å²) in [7, 11) is 1.52. The average molecular weight is 313 g/mol. The van der Waals surface area contributed by atoms with Crippen molar-refractivity contribution >= 4 is 40.7 Å². The first kappa shape index (κ1) is 14.4. The molecule has 0 saturated heterocycles. The molecule has 2 N–H and O–H groups in total.